The van der Waals surface area contributed by atoms with E-state index in [0.29, 0.717) is 26.2 Å². The van der Waals surface area contributed by atoms with Gasteiger partial charge in [0.05, 0.1) is 25.1 Å². The van der Waals surface area contributed by atoms with E-state index in [1.54, 1.807) is 6.07 Å². The number of phenolic OH excluding ortho intramolecular Hbond substituents is 1. The summed E-state index contributed by atoms with van der Waals surface area (Å²) in [6.07, 6.45) is 0. The van der Waals surface area contributed by atoms with E-state index in [4.69, 9.17) is 69.6 Å². The van der Waals surface area contributed by atoms with Gasteiger partial charge in [0.2, 0.25) is 0 Å². The van der Waals surface area contributed by atoms with Crippen LogP contribution in [0.25, 0.3) is 11.1 Å². The van der Waals surface area contributed by atoms with Crippen molar-refractivity contribution in [1.29, 1.82) is 0 Å². The Bertz CT molecular complexity index is 668. The van der Waals surface area contributed by atoms with Crippen molar-refractivity contribution < 1.29 is 5.11 Å². The molecule has 0 unspecified atom stereocenters. The van der Waals surface area contributed by atoms with Gasteiger partial charge in [-0.05, 0) is 18.2 Å². The van der Waals surface area contributed by atoms with Crippen molar-refractivity contribution in [2.24, 2.45) is 0 Å². The molecule has 0 aliphatic heterocycles. The van der Waals surface area contributed by atoms with Crippen LogP contribution in [0.15, 0.2) is 18.2 Å². The fraction of sp³-hybridized carbons (Fsp3) is 0. The summed E-state index contributed by atoms with van der Waals surface area (Å²) in [4.78, 5) is 0. The summed E-state index contributed by atoms with van der Waals surface area (Å²) in [5.41, 5.74) is 0.975. The third-order valence-corrected chi connectivity index (χ3v) is 4.61. The Morgan fingerprint density at radius 2 is 1.11 bits per heavy atom. The van der Waals surface area contributed by atoms with Crippen LogP contribution < -0.4 is 0 Å². The summed E-state index contributed by atoms with van der Waals surface area (Å²) in [6.45, 7) is 0. The Labute approximate surface area is 139 Å². The molecule has 7 heteroatoms. The smallest absolute Gasteiger partial charge is 0.154 e. The van der Waals surface area contributed by atoms with Crippen LogP contribution >= 0.6 is 69.6 Å². The molecule has 0 bridgehead atoms. The third-order valence-electron chi connectivity index (χ3n) is 2.43. The van der Waals surface area contributed by atoms with Crippen molar-refractivity contribution in [3.8, 4) is 16.9 Å². The maximum Gasteiger partial charge on any atom is 0.154 e. The molecule has 19 heavy (non-hydrogen) atoms. The second kappa shape index (κ2) is 5.77. The van der Waals surface area contributed by atoms with E-state index in [1.165, 1.54) is 12.1 Å². The summed E-state index contributed by atoms with van der Waals surface area (Å²) >= 11 is 35.8. The van der Waals surface area contributed by atoms with Gasteiger partial charge in [0, 0.05) is 11.1 Å². The molecular formula is C12H4Cl6O. The highest BCUT2D eigenvalue weighted by atomic mass is 35.5. The number of halogens is 6. The number of phenols is 1. The first kappa shape index (κ1) is 15.4. The average Bonchev–Trinajstić information content (AvgIpc) is 2.36. The van der Waals surface area contributed by atoms with Gasteiger partial charge >= 0.3 is 0 Å². The summed E-state index contributed by atoms with van der Waals surface area (Å²) in [5.74, 6) is -0.284. The Morgan fingerprint density at radius 3 is 1.74 bits per heavy atom. The Kier molecular flexibility index (Phi) is 4.67. The van der Waals surface area contributed by atoms with Crippen molar-refractivity contribution in [2.45, 2.75) is 0 Å². The Hall–Kier alpha value is -0.0200. The standard InChI is InChI=1S/C12H4Cl6O/c13-6-3-8(15)7(14)1-4(6)5-2-9(16)12(19)11(18)10(5)17/h1-3,19H. The molecule has 0 amide bonds. The monoisotopic (exact) mass is 374 g/mol. The predicted molar refractivity (Wildman–Crippen MR) is 83.6 cm³/mol. The van der Waals surface area contributed by atoms with E-state index in [9.17, 15) is 5.11 Å². The molecule has 1 nitrogen and oxygen atoms in total. The molecule has 0 heterocycles. The summed E-state index contributed by atoms with van der Waals surface area (Å²) in [6, 6.07) is 4.50. The lowest BCUT2D eigenvalue weighted by molar-refractivity contribution is 0.476. The molecular weight excluding hydrogens is 373 g/mol. The molecule has 0 aromatic heterocycles. The quantitative estimate of drug-likeness (QED) is 0.532. The fourth-order valence-corrected chi connectivity index (χ4v) is 2.86. The molecule has 100 valence electrons. The largest absolute Gasteiger partial charge is 0.505 e. The van der Waals surface area contributed by atoms with Gasteiger partial charge in [0.15, 0.2) is 5.75 Å². The van der Waals surface area contributed by atoms with Crippen LogP contribution in [0.3, 0.4) is 0 Å². The second-order valence-electron chi connectivity index (χ2n) is 3.63. The molecule has 2 aromatic carbocycles. The zero-order valence-electron chi connectivity index (χ0n) is 8.95. The molecule has 0 saturated carbocycles. The van der Waals surface area contributed by atoms with Crippen molar-refractivity contribution in [3.05, 3.63) is 48.3 Å². The zero-order chi connectivity index (χ0) is 14.3. The lowest BCUT2D eigenvalue weighted by Gasteiger charge is -2.12. The van der Waals surface area contributed by atoms with Crippen molar-refractivity contribution >= 4 is 69.6 Å². The van der Waals surface area contributed by atoms with Gasteiger partial charge in [-0.2, -0.15) is 0 Å². The van der Waals surface area contributed by atoms with Gasteiger partial charge in [-0.25, -0.2) is 0 Å². The molecule has 0 aliphatic carbocycles. The number of benzene rings is 2. The van der Waals surface area contributed by atoms with E-state index < -0.39 is 0 Å². The summed E-state index contributed by atoms with van der Waals surface area (Å²) < 4.78 is 0. The minimum absolute atomic E-state index is 0.0497. The normalized spacial score (nSPS) is 10.8. The Morgan fingerprint density at radius 1 is 0.579 bits per heavy atom. The van der Waals surface area contributed by atoms with Crippen molar-refractivity contribution in [1.82, 2.24) is 0 Å². The van der Waals surface area contributed by atoms with E-state index in [-0.39, 0.29) is 20.8 Å². The summed E-state index contributed by atoms with van der Waals surface area (Å²) in [5, 5.41) is 10.7. The Balaban J connectivity index is 2.76. The SMILES string of the molecule is Oc1c(Cl)cc(-c2cc(Cl)c(Cl)cc2Cl)c(Cl)c1Cl. The number of rotatable bonds is 1. The highest BCUT2D eigenvalue weighted by Gasteiger charge is 2.18. The minimum Gasteiger partial charge on any atom is -0.505 e. The molecule has 0 aliphatic rings. The van der Waals surface area contributed by atoms with Gasteiger partial charge in [0.25, 0.3) is 0 Å². The van der Waals surface area contributed by atoms with E-state index in [0.717, 1.165) is 0 Å². The van der Waals surface area contributed by atoms with Gasteiger partial charge in [0.1, 0.15) is 5.02 Å². The fourth-order valence-electron chi connectivity index (χ4n) is 1.51. The third kappa shape index (κ3) is 2.87. The van der Waals surface area contributed by atoms with Crippen LogP contribution in [0.2, 0.25) is 30.1 Å². The topological polar surface area (TPSA) is 20.2 Å². The van der Waals surface area contributed by atoms with Gasteiger partial charge < -0.3 is 5.11 Å². The zero-order valence-corrected chi connectivity index (χ0v) is 13.5. The van der Waals surface area contributed by atoms with Gasteiger partial charge in [-0.1, -0.05) is 69.6 Å². The number of hydrogen-bond donors (Lipinski definition) is 1. The summed E-state index contributed by atoms with van der Waals surface area (Å²) in [7, 11) is 0. The van der Waals surface area contributed by atoms with Crippen LogP contribution in [0, 0.1) is 0 Å². The minimum atomic E-state index is -0.284. The predicted octanol–water partition coefficient (Wildman–Crippen LogP) is 6.98. The van der Waals surface area contributed by atoms with Crippen LogP contribution in [0.4, 0.5) is 0 Å². The second-order valence-corrected chi connectivity index (χ2v) is 6.01. The molecule has 0 fully saturated rings. The van der Waals surface area contributed by atoms with Crippen LogP contribution in [0.1, 0.15) is 0 Å². The first-order valence-electron chi connectivity index (χ1n) is 4.84. The maximum atomic E-state index is 9.60. The molecule has 0 radical (unpaired) electrons. The molecule has 0 saturated heterocycles. The highest BCUT2D eigenvalue weighted by molar-refractivity contribution is 6.47. The first-order chi connectivity index (χ1) is 8.82. The molecule has 2 rings (SSSR count). The van der Waals surface area contributed by atoms with Crippen LogP contribution in [-0.2, 0) is 0 Å². The lowest BCUT2D eigenvalue weighted by Crippen LogP contribution is -1.85. The van der Waals surface area contributed by atoms with E-state index >= 15 is 0 Å². The maximum absolute atomic E-state index is 9.60. The molecule has 0 atom stereocenters. The lowest BCUT2D eigenvalue weighted by atomic mass is 10.1. The molecule has 2 aromatic rings. The molecule has 0 spiro atoms. The van der Waals surface area contributed by atoms with Gasteiger partial charge in [-0.15, -0.1) is 0 Å². The van der Waals surface area contributed by atoms with Crippen molar-refractivity contribution in [3.63, 3.8) is 0 Å². The van der Waals surface area contributed by atoms with Gasteiger partial charge in [-0.3, -0.25) is 0 Å². The number of hydrogen-bond acceptors (Lipinski definition) is 1. The number of aromatic hydroxyl groups is 1. The highest BCUT2D eigenvalue weighted by Crippen LogP contribution is 2.46. The van der Waals surface area contributed by atoms with Crippen LogP contribution in [-0.4, -0.2) is 5.11 Å². The van der Waals surface area contributed by atoms with Crippen molar-refractivity contribution in [2.75, 3.05) is 0 Å². The van der Waals surface area contributed by atoms with Crippen LogP contribution in [0.5, 0.6) is 5.75 Å². The van der Waals surface area contributed by atoms with E-state index in [1.807, 2.05) is 0 Å². The van der Waals surface area contributed by atoms with E-state index in [2.05, 4.69) is 0 Å². The first-order valence-corrected chi connectivity index (χ1v) is 7.11. The molecule has 1 N–H and O–H groups in total. The average molecular weight is 377 g/mol.